The number of aromatic nitrogens is 1. The van der Waals surface area contributed by atoms with Crippen LogP contribution in [0.4, 0.5) is 11.5 Å². The predicted octanol–water partition coefficient (Wildman–Crippen LogP) is 2.82. The number of nitriles is 1. The number of rotatable bonds is 2. The van der Waals surface area contributed by atoms with Gasteiger partial charge in [0.2, 0.25) is 5.88 Å². The fourth-order valence-electron chi connectivity index (χ4n) is 3.43. The first kappa shape index (κ1) is 17.3. The minimum atomic E-state index is -0.503. The van der Waals surface area contributed by atoms with Crippen molar-refractivity contribution in [1.82, 2.24) is 4.98 Å². The average molecular weight is 376 g/mol. The van der Waals surface area contributed by atoms with Gasteiger partial charge in [0.05, 0.1) is 18.4 Å². The number of hydrogen-bond donors (Lipinski definition) is 4. The highest BCUT2D eigenvalue weighted by Gasteiger charge is 2.34. The quantitative estimate of drug-likeness (QED) is 0.417. The van der Waals surface area contributed by atoms with Gasteiger partial charge < -0.3 is 31.2 Å². The van der Waals surface area contributed by atoms with Crippen molar-refractivity contribution in [2.45, 2.75) is 5.92 Å². The van der Waals surface area contributed by atoms with E-state index in [2.05, 4.69) is 4.98 Å². The van der Waals surface area contributed by atoms with Gasteiger partial charge in [-0.2, -0.15) is 10.2 Å². The van der Waals surface area contributed by atoms with Crippen LogP contribution in [0.2, 0.25) is 0 Å². The van der Waals surface area contributed by atoms with E-state index in [0.29, 0.717) is 28.2 Å². The molecule has 1 atom stereocenters. The fraction of sp³-hybridized carbons (Fsp3) is 0.100. The molecule has 2 aromatic carbocycles. The summed E-state index contributed by atoms with van der Waals surface area (Å²) in [5.74, 6) is 0.276. The lowest BCUT2D eigenvalue weighted by Crippen LogP contribution is -2.17. The molecule has 8 heteroatoms. The van der Waals surface area contributed by atoms with E-state index in [0.717, 1.165) is 0 Å². The zero-order valence-corrected chi connectivity index (χ0v) is 14.8. The summed E-state index contributed by atoms with van der Waals surface area (Å²) < 4.78 is 10.9. The van der Waals surface area contributed by atoms with Crippen LogP contribution in [0.1, 0.15) is 28.2 Å². The zero-order valence-electron chi connectivity index (χ0n) is 14.8. The summed E-state index contributed by atoms with van der Waals surface area (Å²) in [7, 11) is 1.46. The zero-order chi connectivity index (χ0) is 20.0. The maximum absolute atomic E-state index is 10.3. The summed E-state index contributed by atoms with van der Waals surface area (Å²) in [6.07, 6.45) is 0. The molecule has 28 heavy (non-hydrogen) atoms. The van der Waals surface area contributed by atoms with E-state index in [9.17, 15) is 15.5 Å². The summed E-state index contributed by atoms with van der Waals surface area (Å²) in [6.45, 7) is 0. The monoisotopic (exact) mass is 376 g/mol. The van der Waals surface area contributed by atoms with Crippen molar-refractivity contribution < 1.29 is 19.7 Å². The van der Waals surface area contributed by atoms with E-state index in [-0.39, 0.29) is 34.4 Å². The van der Waals surface area contributed by atoms with Gasteiger partial charge in [0, 0.05) is 17.5 Å². The van der Waals surface area contributed by atoms with Crippen LogP contribution in [-0.4, -0.2) is 22.3 Å². The molecule has 8 nitrogen and oxygen atoms in total. The Morgan fingerprint density at radius 3 is 2.64 bits per heavy atom. The molecule has 0 radical (unpaired) electrons. The molecule has 1 aliphatic heterocycles. The molecular formula is C20H16N4O4. The van der Waals surface area contributed by atoms with Crippen molar-refractivity contribution in [3.05, 3.63) is 58.7 Å². The number of anilines is 2. The smallest absolute Gasteiger partial charge is 0.227 e. The lowest BCUT2D eigenvalue weighted by atomic mass is 9.82. The topological polar surface area (TPSA) is 148 Å². The minimum Gasteiger partial charge on any atom is -0.508 e. The van der Waals surface area contributed by atoms with Crippen LogP contribution in [0, 0.1) is 11.3 Å². The van der Waals surface area contributed by atoms with Crippen LogP contribution >= 0.6 is 0 Å². The number of nitrogen functional groups attached to an aromatic ring is 2. The molecule has 4 rings (SSSR count). The number of fused-ring (bicyclic) bond motifs is 2. The van der Waals surface area contributed by atoms with Gasteiger partial charge in [-0.05, 0) is 23.8 Å². The highest BCUT2D eigenvalue weighted by molar-refractivity contribution is 5.75. The number of phenolic OH excluding ortho intramolecular Hbond substituents is 2. The van der Waals surface area contributed by atoms with Crippen LogP contribution in [0.25, 0.3) is 0 Å². The summed E-state index contributed by atoms with van der Waals surface area (Å²) in [5, 5.41) is 29.5. The molecule has 0 amide bonds. The molecule has 0 bridgehead atoms. The Kier molecular flexibility index (Phi) is 3.86. The SMILES string of the molecule is COc1ccc([C@H]2c3ccc(O)cc3Oc3nc(N)c(C#N)c(N)c32)cc1O. The first-order chi connectivity index (χ1) is 13.4. The molecule has 0 spiro atoms. The van der Waals surface area contributed by atoms with Crippen molar-refractivity contribution >= 4 is 11.5 Å². The van der Waals surface area contributed by atoms with Crippen molar-refractivity contribution in [3.63, 3.8) is 0 Å². The third-order valence-electron chi connectivity index (χ3n) is 4.72. The summed E-state index contributed by atoms with van der Waals surface area (Å²) in [4.78, 5) is 4.19. The summed E-state index contributed by atoms with van der Waals surface area (Å²) >= 11 is 0. The molecule has 0 saturated heterocycles. The first-order valence-corrected chi connectivity index (χ1v) is 8.31. The molecule has 0 aliphatic carbocycles. The third kappa shape index (κ3) is 2.49. The molecule has 0 unspecified atom stereocenters. The van der Waals surface area contributed by atoms with Gasteiger partial charge in [0.25, 0.3) is 0 Å². The van der Waals surface area contributed by atoms with Crippen LogP contribution in [-0.2, 0) is 0 Å². The van der Waals surface area contributed by atoms with E-state index in [4.69, 9.17) is 20.9 Å². The highest BCUT2D eigenvalue weighted by atomic mass is 16.5. The van der Waals surface area contributed by atoms with Crippen molar-refractivity contribution in [2.24, 2.45) is 0 Å². The van der Waals surface area contributed by atoms with Crippen LogP contribution < -0.4 is 20.9 Å². The van der Waals surface area contributed by atoms with Gasteiger partial charge in [-0.25, -0.2) is 0 Å². The Balaban J connectivity index is 2.03. The van der Waals surface area contributed by atoms with Crippen molar-refractivity contribution in [1.29, 1.82) is 5.26 Å². The molecule has 3 aromatic rings. The Labute approximate surface area is 160 Å². The van der Waals surface area contributed by atoms with Crippen molar-refractivity contribution in [3.8, 4) is 34.9 Å². The van der Waals surface area contributed by atoms with E-state index >= 15 is 0 Å². The highest BCUT2D eigenvalue weighted by Crippen LogP contribution is 2.51. The van der Waals surface area contributed by atoms with Gasteiger partial charge in [-0.15, -0.1) is 0 Å². The number of benzene rings is 2. The van der Waals surface area contributed by atoms with Gasteiger partial charge in [-0.3, -0.25) is 0 Å². The lowest BCUT2D eigenvalue weighted by molar-refractivity contribution is 0.373. The number of nitrogens with zero attached hydrogens (tertiary/aromatic N) is 2. The molecule has 1 aromatic heterocycles. The molecular weight excluding hydrogens is 360 g/mol. The normalized spacial score (nSPS) is 14.4. The Morgan fingerprint density at radius 1 is 1.18 bits per heavy atom. The van der Waals surface area contributed by atoms with Gasteiger partial charge in [-0.1, -0.05) is 12.1 Å². The second-order valence-electron chi connectivity index (χ2n) is 6.30. The first-order valence-electron chi connectivity index (χ1n) is 8.31. The van der Waals surface area contributed by atoms with E-state index < -0.39 is 5.92 Å². The van der Waals surface area contributed by atoms with Crippen LogP contribution in [0.15, 0.2) is 36.4 Å². The van der Waals surface area contributed by atoms with E-state index in [1.165, 1.54) is 19.2 Å². The predicted molar refractivity (Wildman–Crippen MR) is 102 cm³/mol. The Morgan fingerprint density at radius 2 is 1.96 bits per heavy atom. The Hall–Kier alpha value is -4.12. The molecule has 2 heterocycles. The number of hydrogen-bond acceptors (Lipinski definition) is 8. The van der Waals surface area contributed by atoms with Crippen LogP contribution in [0.3, 0.4) is 0 Å². The van der Waals surface area contributed by atoms with Gasteiger partial charge in [0.1, 0.15) is 28.9 Å². The second kappa shape index (κ2) is 6.25. The lowest BCUT2D eigenvalue weighted by Gasteiger charge is -2.29. The fourth-order valence-corrected chi connectivity index (χ4v) is 3.43. The van der Waals surface area contributed by atoms with Crippen molar-refractivity contribution in [2.75, 3.05) is 18.6 Å². The maximum Gasteiger partial charge on any atom is 0.227 e. The number of nitrogens with two attached hydrogens (primary N) is 2. The number of aromatic hydroxyl groups is 2. The van der Waals surface area contributed by atoms with E-state index in [1.54, 1.807) is 24.3 Å². The molecule has 0 fully saturated rings. The largest absolute Gasteiger partial charge is 0.508 e. The van der Waals surface area contributed by atoms with E-state index in [1.807, 2.05) is 6.07 Å². The molecule has 0 saturated carbocycles. The molecule has 1 aliphatic rings. The molecule has 140 valence electrons. The summed E-state index contributed by atoms with van der Waals surface area (Å²) in [6, 6.07) is 11.6. The number of ether oxygens (including phenoxy) is 2. The Bertz CT molecular complexity index is 1150. The standard InChI is InChI=1S/C20H16N4O4/c1-27-14-5-2-9(6-13(14)26)16-11-4-3-10(25)7-15(11)28-20-17(16)18(22)12(8-21)19(23)24-20/h2-7,16,25-26H,1H3,(H4,22,23,24)/t16-/m0/s1. The maximum atomic E-state index is 10.3. The number of phenols is 2. The van der Waals surface area contributed by atoms with Gasteiger partial charge >= 0.3 is 0 Å². The number of methoxy groups -OCH3 is 1. The molecule has 6 N–H and O–H groups in total. The average Bonchev–Trinajstić information content (AvgIpc) is 2.66. The van der Waals surface area contributed by atoms with Crippen LogP contribution in [0.5, 0.6) is 28.9 Å². The number of pyridine rings is 1. The van der Waals surface area contributed by atoms with Gasteiger partial charge in [0.15, 0.2) is 11.5 Å². The summed E-state index contributed by atoms with van der Waals surface area (Å²) in [5.41, 5.74) is 14.2. The third-order valence-corrected chi connectivity index (χ3v) is 4.72. The minimum absolute atomic E-state index is 0.0214. The second-order valence-corrected chi connectivity index (χ2v) is 6.30.